The van der Waals surface area contributed by atoms with Crippen LogP contribution in [0.2, 0.25) is 0 Å². The van der Waals surface area contributed by atoms with Crippen molar-refractivity contribution >= 4 is 19.8 Å². The van der Waals surface area contributed by atoms with Crippen LogP contribution in [0.5, 0.6) is 0 Å². The summed E-state index contributed by atoms with van der Waals surface area (Å²) in [5.74, 6) is -0.816. The number of nitrogens with zero attached hydrogens (tertiary/aromatic N) is 1. The van der Waals surface area contributed by atoms with Gasteiger partial charge in [-0.15, -0.1) is 0 Å². The Morgan fingerprint density at radius 1 is 0.340 bits per heavy atom. The first kappa shape index (κ1) is 91.4. The minimum absolute atomic E-state index is 0.0305. The quantitative estimate of drug-likeness (QED) is 0.0195. The highest BCUT2D eigenvalue weighted by molar-refractivity contribution is 7.45. The van der Waals surface area contributed by atoms with Crippen molar-refractivity contribution in [3.8, 4) is 0 Å². The van der Waals surface area contributed by atoms with Gasteiger partial charge >= 0.3 is 11.9 Å². The Morgan fingerprint density at radius 2 is 0.606 bits per heavy atom. The molecule has 0 radical (unpaired) electrons. The van der Waals surface area contributed by atoms with E-state index in [1.54, 1.807) is 0 Å². The summed E-state index contributed by atoms with van der Waals surface area (Å²) in [4.78, 5) is 38.2. The van der Waals surface area contributed by atoms with Crippen molar-refractivity contribution in [2.45, 2.75) is 405 Å². The molecule has 0 aromatic heterocycles. The molecule has 0 saturated carbocycles. The maximum atomic E-state index is 12.9. The average molecular weight is 1340 g/mol. The second-order valence-corrected chi connectivity index (χ2v) is 30.2. The molecule has 94 heavy (non-hydrogen) atoms. The summed E-state index contributed by atoms with van der Waals surface area (Å²) in [6.07, 6.45) is 102. The van der Waals surface area contributed by atoms with E-state index >= 15 is 0 Å². The molecular weight excluding hydrogens is 1180 g/mol. The largest absolute Gasteiger partial charge is 0.756 e. The average Bonchev–Trinajstić information content (AvgIpc) is 1.56. The third-order valence-electron chi connectivity index (χ3n) is 18.2. The lowest BCUT2D eigenvalue weighted by atomic mass is 10.0. The third-order valence-corrected chi connectivity index (χ3v) is 19.2. The number of quaternary nitrogens is 1. The molecule has 0 aromatic carbocycles. The van der Waals surface area contributed by atoms with Crippen LogP contribution < -0.4 is 4.89 Å². The maximum absolute atomic E-state index is 12.9. The third kappa shape index (κ3) is 78.4. The van der Waals surface area contributed by atoms with E-state index in [2.05, 4.69) is 86.8 Å². The van der Waals surface area contributed by atoms with E-state index in [4.69, 9.17) is 18.5 Å². The zero-order chi connectivity index (χ0) is 68.3. The highest BCUT2D eigenvalue weighted by Crippen LogP contribution is 2.38. The van der Waals surface area contributed by atoms with Crippen LogP contribution in [-0.4, -0.2) is 70.0 Å². The summed E-state index contributed by atoms with van der Waals surface area (Å²) in [6, 6.07) is 0. The Kier molecular flexibility index (Phi) is 72.6. The number of phosphoric ester groups is 1. The van der Waals surface area contributed by atoms with Crippen LogP contribution in [0.15, 0.2) is 72.9 Å². The van der Waals surface area contributed by atoms with Gasteiger partial charge in [-0.25, -0.2) is 0 Å². The van der Waals surface area contributed by atoms with E-state index in [0.29, 0.717) is 17.4 Å². The Hall–Kier alpha value is -2.55. The summed E-state index contributed by atoms with van der Waals surface area (Å²) < 4.78 is 34.4. The van der Waals surface area contributed by atoms with Gasteiger partial charge < -0.3 is 27.9 Å². The number of rotatable bonds is 76. The number of ether oxygens (including phenoxy) is 2. The number of unbranched alkanes of at least 4 members (excludes halogenated alkanes) is 50. The van der Waals surface area contributed by atoms with E-state index in [-0.39, 0.29) is 32.0 Å². The van der Waals surface area contributed by atoms with Crippen molar-refractivity contribution in [3.05, 3.63) is 72.9 Å². The van der Waals surface area contributed by atoms with E-state index in [0.717, 1.165) is 77.0 Å². The highest BCUT2D eigenvalue weighted by atomic mass is 31.2. The molecule has 0 aliphatic rings. The fourth-order valence-electron chi connectivity index (χ4n) is 12.1. The van der Waals surface area contributed by atoms with Gasteiger partial charge in [-0.05, 0) is 64.2 Å². The number of esters is 2. The lowest BCUT2D eigenvalue weighted by molar-refractivity contribution is -0.870. The van der Waals surface area contributed by atoms with Crippen LogP contribution in [-0.2, 0) is 32.7 Å². The van der Waals surface area contributed by atoms with E-state index in [1.165, 1.54) is 289 Å². The number of carbonyl (C=O) groups is 2. The molecule has 2 atom stereocenters. The molecule has 9 nitrogen and oxygen atoms in total. The molecule has 0 aliphatic heterocycles. The Bertz CT molecular complexity index is 1820. The van der Waals surface area contributed by atoms with Gasteiger partial charge in [-0.1, -0.05) is 395 Å². The Morgan fingerprint density at radius 3 is 0.904 bits per heavy atom. The van der Waals surface area contributed by atoms with Crippen molar-refractivity contribution in [3.63, 3.8) is 0 Å². The normalized spacial score (nSPS) is 13.4. The molecule has 0 heterocycles. The number of allylic oxidation sites excluding steroid dienone is 12. The second kappa shape index (κ2) is 74.7. The van der Waals surface area contributed by atoms with Gasteiger partial charge in [0.1, 0.15) is 19.8 Å². The molecule has 0 rings (SSSR count). The van der Waals surface area contributed by atoms with Gasteiger partial charge in [-0.2, -0.15) is 0 Å². The van der Waals surface area contributed by atoms with E-state index < -0.39 is 26.5 Å². The van der Waals surface area contributed by atoms with Crippen LogP contribution in [0.4, 0.5) is 0 Å². The van der Waals surface area contributed by atoms with Crippen molar-refractivity contribution in [2.75, 3.05) is 47.5 Å². The summed E-state index contributed by atoms with van der Waals surface area (Å²) in [5, 5.41) is 0. The Labute approximate surface area is 584 Å². The number of hydrogen-bond acceptors (Lipinski definition) is 8. The first-order chi connectivity index (χ1) is 46.0. The lowest BCUT2D eigenvalue weighted by Gasteiger charge is -2.28. The number of carbonyl (C=O) groups excluding carboxylic acids is 2. The molecule has 10 heteroatoms. The summed E-state index contributed by atoms with van der Waals surface area (Å²) in [7, 11) is 1.18. The number of likely N-dealkylation sites (N-methyl/N-ethyl adjacent to an activating group) is 1. The lowest BCUT2D eigenvalue weighted by Crippen LogP contribution is -2.37. The summed E-state index contributed by atoms with van der Waals surface area (Å²) in [5.41, 5.74) is 0. The topological polar surface area (TPSA) is 111 Å². The molecule has 0 amide bonds. The van der Waals surface area contributed by atoms with Gasteiger partial charge in [0.25, 0.3) is 7.82 Å². The fourth-order valence-corrected chi connectivity index (χ4v) is 12.8. The van der Waals surface area contributed by atoms with Crippen molar-refractivity contribution in [1.29, 1.82) is 0 Å². The van der Waals surface area contributed by atoms with Gasteiger partial charge in [0.15, 0.2) is 6.10 Å². The molecule has 0 fully saturated rings. The minimum Gasteiger partial charge on any atom is -0.756 e. The molecule has 0 N–H and O–H groups in total. The molecule has 550 valence electrons. The van der Waals surface area contributed by atoms with Gasteiger partial charge in [0.05, 0.1) is 27.7 Å². The zero-order valence-electron chi connectivity index (χ0n) is 62.9. The number of hydrogen-bond donors (Lipinski definition) is 0. The van der Waals surface area contributed by atoms with Gasteiger partial charge in [0, 0.05) is 12.8 Å². The highest BCUT2D eigenvalue weighted by Gasteiger charge is 2.22. The van der Waals surface area contributed by atoms with Crippen molar-refractivity contribution in [2.24, 2.45) is 0 Å². The van der Waals surface area contributed by atoms with Crippen molar-refractivity contribution < 1.29 is 42.1 Å². The first-order valence-electron chi connectivity index (χ1n) is 40.6. The maximum Gasteiger partial charge on any atom is 0.306 e. The SMILES string of the molecule is CC/C=C\C/C=C\C/C=C\C/C=C\C/C=C\C/C=C\CCCCCCCCCCCCCCCCC(=O)OC(COC(=O)CCCCCCCCCCCCCCCCCCCCCCCCCCCCCCCCCCCCCCC)COP(=O)([O-])OCC[N+](C)(C)C. The molecule has 0 bridgehead atoms. The zero-order valence-corrected chi connectivity index (χ0v) is 63.8. The van der Waals surface area contributed by atoms with Crippen LogP contribution >= 0.6 is 7.82 Å². The van der Waals surface area contributed by atoms with Crippen LogP contribution in [0.25, 0.3) is 0 Å². The summed E-state index contributed by atoms with van der Waals surface area (Å²) in [6.45, 7) is 4.19. The standard InChI is InChI=1S/C84H156NO8P/c1-6-8-10-12-14-16-18-20-22-24-26-28-30-32-34-36-38-40-41-42-43-45-46-48-50-52-54-56-58-60-62-64-66-68-70-72-74-76-83(86)90-80-82(81-92-94(88,89)91-79-78-85(3,4)5)93-84(87)77-75-73-71-69-67-65-63-61-59-57-55-53-51-49-47-44-39-37-35-33-31-29-27-25-23-21-19-17-15-13-11-9-7-2/h9,11,15,17,21,23,27,29,33,35,39,44,82H,6-8,10,12-14,16,18-20,22,24-26,28,30-32,34,36-38,40-43,45-81H2,1-5H3/b11-9-,17-15-,23-21-,29-27-,35-33-,44-39-. The van der Waals surface area contributed by atoms with Crippen LogP contribution in [0.3, 0.4) is 0 Å². The fraction of sp³-hybridized carbons (Fsp3) is 0.833. The van der Waals surface area contributed by atoms with Gasteiger partial charge in [-0.3, -0.25) is 14.2 Å². The van der Waals surface area contributed by atoms with E-state index in [1.807, 2.05) is 21.1 Å². The van der Waals surface area contributed by atoms with Crippen LogP contribution in [0, 0.1) is 0 Å². The smallest absolute Gasteiger partial charge is 0.306 e. The van der Waals surface area contributed by atoms with Crippen molar-refractivity contribution in [1.82, 2.24) is 0 Å². The first-order valence-corrected chi connectivity index (χ1v) is 42.1. The summed E-state index contributed by atoms with van der Waals surface area (Å²) >= 11 is 0. The van der Waals surface area contributed by atoms with Gasteiger partial charge in [0.2, 0.25) is 0 Å². The molecular formula is C84H156NO8P. The molecule has 0 spiro atoms. The van der Waals surface area contributed by atoms with Crippen LogP contribution in [0.1, 0.15) is 399 Å². The van der Waals surface area contributed by atoms with E-state index in [9.17, 15) is 19.0 Å². The predicted molar refractivity (Wildman–Crippen MR) is 406 cm³/mol. The number of phosphoric acid groups is 1. The Balaban J connectivity index is 3.92. The predicted octanol–water partition coefficient (Wildman–Crippen LogP) is 26.4. The molecule has 0 aromatic rings. The monoisotopic (exact) mass is 1340 g/mol. The molecule has 0 saturated heterocycles. The second-order valence-electron chi connectivity index (χ2n) is 28.8. The minimum atomic E-state index is -4.65. The molecule has 0 aliphatic carbocycles. The molecule has 2 unspecified atom stereocenters.